The van der Waals surface area contributed by atoms with Gasteiger partial charge in [-0.3, -0.25) is 0 Å². The average molecular weight is 191 g/mol. The minimum atomic E-state index is 0.134. The van der Waals surface area contributed by atoms with Gasteiger partial charge in [-0.1, -0.05) is 6.32 Å². The van der Waals surface area contributed by atoms with E-state index in [0.717, 1.165) is 23.9 Å². The Balaban J connectivity index is 2.25. The molecule has 0 radical (unpaired) electrons. The molecule has 4 heteroatoms. The molecule has 0 saturated carbocycles. The van der Waals surface area contributed by atoms with E-state index in [1.165, 1.54) is 10.4 Å². The first-order valence-corrected chi connectivity index (χ1v) is 5.26. The Morgan fingerprint density at radius 2 is 2.54 bits per heavy atom. The highest BCUT2D eigenvalue weighted by atomic mass is 32.1. The lowest BCUT2D eigenvalue weighted by Gasteiger charge is -2.11. The first-order chi connectivity index (χ1) is 6.33. The minimum Gasteiger partial charge on any atom is -0.391 e. The van der Waals surface area contributed by atoms with E-state index in [9.17, 15) is 0 Å². The summed E-state index contributed by atoms with van der Waals surface area (Å²) in [6.45, 7) is 0.322. The van der Waals surface area contributed by atoms with Gasteiger partial charge in [-0.15, -0.1) is 11.3 Å². The Labute approximate surface area is 81.9 Å². The van der Waals surface area contributed by atoms with Crippen LogP contribution in [-0.2, 0) is 19.3 Å². The first kappa shape index (κ1) is 8.80. The predicted octanol–water partition coefficient (Wildman–Crippen LogP) is 1.44. The van der Waals surface area contributed by atoms with Crippen molar-refractivity contribution in [3.05, 3.63) is 21.4 Å². The summed E-state index contributed by atoms with van der Waals surface area (Å²) < 4.78 is 0. The fraction of sp³-hybridized carbons (Fsp3) is 0.444. The van der Waals surface area contributed by atoms with Gasteiger partial charge in [0.15, 0.2) is 0 Å². The highest BCUT2D eigenvalue weighted by Gasteiger charge is 2.23. The van der Waals surface area contributed by atoms with Crippen LogP contribution in [0.5, 0.6) is 0 Å². The van der Waals surface area contributed by atoms with Crippen molar-refractivity contribution in [2.45, 2.75) is 25.7 Å². The summed E-state index contributed by atoms with van der Waals surface area (Å²) in [5.41, 5.74) is 1.28. The molecule has 13 heavy (non-hydrogen) atoms. The number of fused-ring (bicyclic) bond motifs is 1. The zero-order valence-corrected chi connectivity index (χ0v) is 8.10. The zero-order valence-electron chi connectivity index (χ0n) is 7.29. The number of hydrogen-bond acceptors (Lipinski definition) is 3. The van der Waals surface area contributed by atoms with E-state index in [4.69, 9.17) is 10.4 Å². The van der Waals surface area contributed by atoms with E-state index in [0.29, 0.717) is 0 Å². The van der Waals surface area contributed by atoms with Crippen molar-refractivity contribution in [1.29, 1.82) is 5.26 Å². The molecule has 0 fully saturated rings. The number of aryl methyl sites for hydroxylation is 1. The molecule has 0 amide bonds. The van der Waals surface area contributed by atoms with Gasteiger partial charge in [0.25, 0.3) is 6.71 Å². The van der Waals surface area contributed by atoms with Crippen LogP contribution >= 0.6 is 11.3 Å². The molecular weight excluding hydrogens is 181 g/mol. The summed E-state index contributed by atoms with van der Waals surface area (Å²) in [7, 11) is 0. The van der Waals surface area contributed by atoms with E-state index in [1.54, 1.807) is 11.3 Å². The van der Waals surface area contributed by atoms with Gasteiger partial charge < -0.3 is 5.11 Å². The third kappa shape index (κ3) is 1.62. The molecule has 0 aliphatic carbocycles. The molecular formula is C9H10BNOS. The number of rotatable bonds is 1. The maximum atomic E-state index is 8.96. The van der Waals surface area contributed by atoms with E-state index < -0.39 is 0 Å². The fourth-order valence-electron chi connectivity index (χ4n) is 1.77. The number of thiophene rings is 1. The molecule has 0 atom stereocenters. The van der Waals surface area contributed by atoms with Crippen LogP contribution in [0.2, 0.25) is 6.32 Å². The van der Waals surface area contributed by atoms with Crippen LogP contribution in [0.4, 0.5) is 0 Å². The fourth-order valence-corrected chi connectivity index (χ4v) is 2.85. The maximum Gasteiger partial charge on any atom is 0.272 e. The molecule has 66 valence electrons. The average Bonchev–Trinajstić information content (AvgIpc) is 2.58. The highest BCUT2D eigenvalue weighted by molar-refractivity contribution is 7.12. The van der Waals surface area contributed by atoms with Crippen LogP contribution in [0.3, 0.4) is 0 Å². The zero-order chi connectivity index (χ0) is 9.26. The largest absolute Gasteiger partial charge is 0.391 e. The SMILES string of the molecule is N#CB1CCc2sc(CO)cc2C1. The molecule has 0 spiro atoms. The topological polar surface area (TPSA) is 44.0 Å². The Morgan fingerprint density at radius 1 is 1.69 bits per heavy atom. The van der Waals surface area contributed by atoms with Crippen LogP contribution in [0, 0.1) is 11.2 Å². The third-order valence-electron chi connectivity index (χ3n) is 2.47. The van der Waals surface area contributed by atoms with Gasteiger partial charge in [0.2, 0.25) is 0 Å². The number of aliphatic hydroxyl groups is 1. The number of aliphatic hydroxyl groups excluding tert-OH is 1. The predicted molar refractivity (Wildman–Crippen MR) is 53.8 cm³/mol. The van der Waals surface area contributed by atoms with Crippen molar-refractivity contribution in [2.75, 3.05) is 0 Å². The summed E-state index contributed by atoms with van der Waals surface area (Å²) in [4.78, 5) is 2.40. The van der Waals surface area contributed by atoms with Crippen LogP contribution < -0.4 is 0 Å². The smallest absolute Gasteiger partial charge is 0.272 e. The minimum absolute atomic E-state index is 0.134. The molecule has 1 aromatic rings. The van der Waals surface area contributed by atoms with Gasteiger partial charge >= 0.3 is 0 Å². The summed E-state index contributed by atoms with van der Waals surface area (Å²) in [6.07, 6.45) is 2.87. The van der Waals surface area contributed by atoms with Crippen LogP contribution in [-0.4, -0.2) is 11.8 Å². The van der Waals surface area contributed by atoms with Crippen LogP contribution in [0.1, 0.15) is 15.3 Å². The van der Waals surface area contributed by atoms with Crippen molar-refractivity contribution < 1.29 is 5.11 Å². The lowest BCUT2D eigenvalue weighted by Crippen LogP contribution is -2.20. The molecule has 1 aliphatic rings. The van der Waals surface area contributed by atoms with Crippen LogP contribution in [0.25, 0.3) is 0 Å². The van der Waals surface area contributed by atoms with Crippen LogP contribution in [0.15, 0.2) is 6.07 Å². The Morgan fingerprint density at radius 3 is 3.23 bits per heavy atom. The number of hydrogen-bond donors (Lipinski definition) is 1. The van der Waals surface area contributed by atoms with Crippen molar-refractivity contribution in [3.63, 3.8) is 0 Å². The van der Waals surface area contributed by atoms with Gasteiger partial charge in [0.05, 0.1) is 6.61 Å². The van der Waals surface area contributed by atoms with Gasteiger partial charge in [0, 0.05) is 15.7 Å². The number of nitrogens with zero attached hydrogens (tertiary/aromatic N) is 1. The number of nitriles is 1. The highest BCUT2D eigenvalue weighted by Crippen LogP contribution is 2.29. The summed E-state index contributed by atoms with van der Waals surface area (Å²) >= 11 is 1.69. The third-order valence-corrected chi connectivity index (χ3v) is 3.69. The summed E-state index contributed by atoms with van der Waals surface area (Å²) in [6, 6.07) is 2.05. The molecule has 0 aromatic carbocycles. The van der Waals surface area contributed by atoms with Crippen molar-refractivity contribution in [3.8, 4) is 5.97 Å². The summed E-state index contributed by atoms with van der Waals surface area (Å²) in [5.74, 6) is 2.31. The quantitative estimate of drug-likeness (QED) is 0.682. The molecule has 2 heterocycles. The molecule has 0 bridgehead atoms. The Kier molecular flexibility index (Phi) is 2.39. The van der Waals surface area contributed by atoms with Crippen molar-refractivity contribution in [1.82, 2.24) is 0 Å². The maximum absolute atomic E-state index is 8.96. The normalized spacial score (nSPS) is 15.2. The second kappa shape index (κ2) is 3.53. The molecule has 2 rings (SSSR count). The molecule has 1 aromatic heterocycles. The molecule has 0 unspecified atom stereocenters. The molecule has 2 nitrogen and oxygen atoms in total. The van der Waals surface area contributed by atoms with Gasteiger partial charge in [-0.25, -0.2) is 5.26 Å². The van der Waals surface area contributed by atoms with E-state index in [-0.39, 0.29) is 13.3 Å². The Bertz CT molecular complexity index is 355. The van der Waals surface area contributed by atoms with E-state index >= 15 is 0 Å². The first-order valence-electron chi connectivity index (χ1n) is 4.44. The second-order valence-electron chi connectivity index (χ2n) is 3.39. The molecule has 1 N–H and O–H groups in total. The lowest BCUT2D eigenvalue weighted by molar-refractivity contribution is 0.285. The second-order valence-corrected chi connectivity index (χ2v) is 4.61. The standard InChI is InChI=1S/C9H10BNOS/c11-6-10-2-1-9-7(4-10)3-8(5-12)13-9/h3,12H,1-2,4-5H2. The van der Waals surface area contributed by atoms with Crippen molar-refractivity contribution >= 4 is 18.0 Å². The molecule has 1 aliphatic heterocycles. The van der Waals surface area contributed by atoms with Gasteiger partial charge in [0.1, 0.15) is 0 Å². The molecule has 0 saturated heterocycles. The lowest BCUT2D eigenvalue weighted by atomic mass is 9.43. The van der Waals surface area contributed by atoms with E-state index in [2.05, 4.69) is 5.97 Å². The van der Waals surface area contributed by atoms with Crippen molar-refractivity contribution in [2.24, 2.45) is 0 Å². The van der Waals surface area contributed by atoms with Gasteiger partial charge in [-0.05, 0) is 24.4 Å². The monoisotopic (exact) mass is 191 g/mol. The summed E-state index contributed by atoms with van der Waals surface area (Å²) in [5, 5.41) is 17.7. The van der Waals surface area contributed by atoms with E-state index in [1.807, 2.05) is 6.07 Å². The van der Waals surface area contributed by atoms with Gasteiger partial charge in [-0.2, -0.15) is 0 Å². The Hall–Kier alpha value is -0.785.